The number of carbonyl (C=O) groups is 1. The molecule has 0 saturated heterocycles. The van der Waals surface area contributed by atoms with Gasteiger partial charge in [-0.2, -0.15) is 4.98 Å². The summed E-state index contributed by atoms with van der Waals surface area (Å²) in [6, 6.07) is 5.70. The maximum absolute atomic E-state index is 11.6. The predicted octanol–water partition coefficient (Wildman–Crippen LogP) is 0.714. The van der Waals surface area contributed by atoms with Gasteiger partial charge >= 0.3 is 0 Å². The summed E-state index contributed by atoms with van der Waals surface area (Å²) in [5.74, 6) is 0.985. The van der Waals surface area contributed by atoms with Gasteiger partial charge in [0.15, 0.2) is 0 Å². The van der Waals surface area contributed by atoms with Crippen molar-refractivity contribution in [3.05, 3.63) is 29.7 Å². The van der Waals surface area contributed by atoms with Crippen LogP contribution in [-0.4, -0.2) is 23.1 Å². The lowest BCUT2D eigenvalue weighted by Gasteiger charge is -2.10. The number of benzene rings is 1. The molecule has 1 aromatic heterocycles. The van der Waals surface area contributed by atoms with E-state index in [1.165, 1.54) is 0 Å². The third-order valence-corrected chi connectivity index (χ3v) is 3.06. The fourth-order valence-corrected chi connectivity index (χ4v) is 2.04. The van der Waals surface area contributed by atoms with Crippen LogP contribution in [0.4, 0.5) is 5.69 Å². The SMILES string of the molecule is CN1C(=O)Cc2ccc(-c3noc(CN)n3)cc21. The Morgan fingerprint density at radius 3 is 3.06 bits per heavy atom. The van der Waals surface area contributed by atoms with Crippen LogP contribution in [0.15, 0.2) is 22.7 Å². The molecule has 0 aliphatic carbocycles. The van der Waals surface area contributed by atoms with Crippen molar-refractivity contribution in [2.75, 3.05) is 11.9 Å². The summed E-state index contributed by atoms with van der Waals surface area (Å²) in [6.07, 6.45) is 0.451. The molecule has 2 aromatic rings. The zero-order chi connectivity index (χ0) is 12.7. The van der Waals surface area contributed by atoms with Gasteiger partial charge in [0, 0.05) is 18.3 Å². The van der Waals surface area contributed by atoms with Gasteiger partial charge in [-0.1, -0.05) is 17.3 Å². The number of fused-ring (bicyclic) bond motifs is 1. The standard InChI is InChI=1S/C12H12N4O2/c1-16-9-4-8(3-2-7(9)5-11(16)17)12-14-10(6-13)18-15-12/h2-4H,5-6,13H2,1H3. The van der Waals surface area contributed by atoms with E-state index < -0.39 is 0 Å². The van der Waals surface area contributed by atoms with E-state index in [2.05, 4.69) is 10.1 Å². The number of anilines is 1. The maximum Gasteiger partial charge on any atom is 0.240 e. The van der Waals surface area contributed by atoms with E-state index in [0.717, 1.165) is 16.8 Å². The molecule has 1 aliphatic rings. The van der Waals surface area contributed by atoms with E-state index in [1.54, 1.807) is 11.9 Å². The van der Waals surface area contributed by atoms with E-state index in [9.17, 15) is 4.79 Å². The lowest BCUT2D eigenvalue weighted by atomic mass is 10.1. The highest BCUT2D eigenvalue weighted by atomic mass is 16.5. The molecule has 6 heteroatoms. The number of likely N-dealkylation sites (N-methyl/N-ethyl adjacent to an activating group) is 1. The van der Waals surface area contributed by atoms with Gasteiger partial charge in [-0.15, -0.1) is 0 Å². The Kier molecular flexibility index (Phi) is 2.38. The van der Waals surface area contributed by atoms with Gasteiger partial charge < -0.3 is 15.2 Å². The molecule has 2 heterocycles. The van der Waals surface area contributed by atoms with Crippen molar-refractivity contribution in [3.8, 4) is 11.4 Å². The largest absolute Gasteiger partial charge is 0.338 e. The molecule has 0 spiro atoms. The Morgan fingerprint density at radius 1 is 1.50 bits per heavy atom. The normalized spacial score (nSPS) is 14.1. The minimum Gasteiger partial charge on any atom is -0.338 e. The number of nitrogens with zero attached hydrogens (tertiary/aromatic N) is 3. The smallest absolute Gasteiger partial charge is 0.240 e. The van der Waals surface area contributed by atoms with Crippen molar-refractivity contribution in [1.82, 2.24) is 10.1 Å². The molecule has 0 radical (unpaired) electrons. The zero-order valence-corrected chi connectivity index (χ0v) is 9.88. The maximum atomic E-state index is 11.6. The van der Waals surface area contributed by atoms with Crippen LogP contribution in [0.5, 0.6) is 0 Å². The van der Waals surface area contributed by atoms with E-state index in [1.807, 2.05) is 18.2 Å². The van der Waals surface area contributed by atoms with Gasteiger partial charge in [-0.05, 0) is 11.6 Å². The molecular formula is C12H12N4O2. The number of nitrogens with two attached hydrogens (primary N) is 1. The quantitative estimate of drug-likeness (QED) is 0.841. The molecule has 1 aliphatic heterocycles. The topological polar surface area (TPSA) is 85.2 Å². The van der Waals surface area contributed by atoms with Crippen molar-refractivity contribution in [1.29, 1.82) is 0 Å². The fraction of sp³-hybridized carbons (Fsp3) is 0.250. The average Bonchev–Trinajstić information content (AvgIpc) is 2.96. The van der Waals surface area contributed by atoms with Crippen LogP contribution in [0.1, 0.15) is 11.5 Å². The Labute approximate surface area is 103 Å². The van der Waals surface area contributed by atoms with Crippen LogP contribution < -0.4 is 10.6 Å². The lowest BCUT2D eigenvalue weighted by Crippen LogP contribution is -2.20. The summed E-state index contributed by atoms with van der Waals surface area (Å²) in [7, 11) is 1.76. The Balaban J connectivity index is 2.03. The van der Waals surface area contributed by atoms with Crippen LogP contribution in [0.2, 0.25) is 0 Å². The minimum atomic E-state index is 0.0953. The predicted molar refractivity (Wildman–Crippen MR) is 64.7 cm³/mol. The van der Waals surface area contributed by atoms with Crippen LogP contribution in [0, 0.1) is 0 Å². The van der Waals surface area contributed by atoms with Crippen molar-refractivity contribution >= 4 is 11.6 Å². The highest BCUT2D eigenvalue weighted by Crippen LogP contribution is 2.31. The van der Waals surface area contributed by atoms with Crippen molar-refractivity contribution < 1.29 is 9.32 Å². The van der Waals surface area contributed by atoms with Crippen molar-refractivity contribution in [2.45, 2.75) is 13.0 Å². The lowest BCUT2D eigenvalue weighted by molar-refractivity contribution is -0.117. The summed E-state index contributed by atoms with van der Waals surface area (Å²) < 4.78 is 4.97. The first-order chi connectivity index (χ1) is 8.69. The van der Waals surface area contributed by atoms with Crippen LogP contribution in [0.25, 0.3) is 11.4 Å². The summed E-state index contributed by atoms with van der Waals surface area (Å²) in [4.78, 5) is 17.4. The number of rotatable bonds is 2. The molecule has 6 nitrogen and oxygen atoms in total. The van der Waals surface area contributed by atoms with E-state index in [0.29, 0.717) is 18.1 Å². The highest BCUT2D eigenvalue weighted by molar-refractivity contribution is 6.01. The van der Waals surface area contributed by atoms with Gasteiger partial charge in [0.25, 0.3) is 0 Å². The third-order valence-electron chi connectivity index (χ3n) is 3.06. The molecule has 0 saturated carbocycles. The Bertz CT molecular complexity index is 620. The van der Waals surface area contributed by atoms with Crippen molar-refractivity contribution in [2.24, 2.45) is 5.73 Å². The second-order valence-electron chi connectivity index (χ2n) is 4.19. The van der Waals surface area contributed by atoms with Gasteiger partial charge in [0.1, 0.15) is 0 Å². The van der Waals surface area contributed by atoms with E-state index in [4.69, 9.17) is 10.3 Å². The second kappa shape index (κ2) is 3.92. The second-order valence-corrected chi connectivity index (χ2v) is 4.19. The molecule has 0 bridgehead atoms. The molecule has 92 valence electrons. The van der Waals surface area contributed by atoms with Gasteiger partial charge in [-0.25, -0.2) is 0 Å². The first-order valence-corrected chi connectivity index (χ1v) is 5.61. The molecule has 0 atom stereocenters. The van der Waals surface area contributed by atoms with Crippen LogP contribution in [-0.2, 0) is 17.8 Å². The summed E-state index contributed by atoms with van der Waals surface area (Å²) >= 11 is 0. The van der Waals surface area contributed by atoms with Crippen LogP contribution in [0.3, 0.4) is 0 Å². The number of hydrogen-bond donors (Lipinski definition) is 1. The number of carbonyl (C=O) groups excluding carboxylic acids is 1. The molecule has 1 aromatic carbocycles. The number of aromatic nitrogens is 2. The van der Waals surface area contributed by atoms with Gasteiger partial charge in [-0.3, -0.25) is 4.79 Å². The number of amides is 1. The third kappa shape index (κ3) is 1.58. The number of hydrogen-bond acceptors (Lipinski definition) is 5. The zero-order valence-electron chi connectivity index (χ0n) is 9.88. The van der Waals surface area contributed by atoms with E-state index >= 15 is 0 Å². The Hall–Kier alpha value is -2.21. The first kappa shape index (κ1) is 10.9. The molecular weight excluding hydrogens is 232 g/mol. The summed E-state index contributed by atoms with van der Waals surface area (Å²) in [5.41, 5.74) is 8.16. The molecule has 0 unspecified atom stereocenters. The molecule has 18 heavy (non-hydrogen) atoms. The summed E-state index contributed by atoms with van der Waals surface area (Å²) in [5, 5.41) is 3.86. The molecule has 1 amide bonds. The molecule has 2 N–H and O–H groups in total. The molecule has 3 rings (SSSR count). The minimum absolute atomic E-state index is 0.0953. The Morgan fingerprint density at radius 2 is 2.33 bits per heavy atom. The summed E-state index contributed by atoms with van der Waals surface area (Å²) in [6.45, 7) is 0.219. The highest BCUT2D eigenvalue weighted by Gasteiger charge is 2.24. The monoisotopic (exact) mass is 244 g/mol. The van der Waals surface area contributed by atoms with Crippen molar-refractivity contribution in [3.63, 3.8) is 0 Å². The average molecular weight is 244 g/mol. The first-order valence-electron chi connectivity index (χ1n) is 5.61. The van der Waals surface area contributed by atoms with Gasteiger partial charge in [0.2, 0.25) is 17.6 Å². The van der Waals surface area contributed by atoms with E-state index in [-0.39, 0.29) is 12.5 Å². The van der Waals surface area contributed by atoms with Gasteiger partial charge in [0.05, 0.1) is 13.0 Å². The molecule has 0 fully saturated rings. The fourth-order valence-electron chi connectivity index (χ4n) is 2.04. The van der Waals surface area contributed by atoms with Crippen LogP contribution >= 0.6 is 0 Å².